The van der Waals surface area contributed by atoms with E-state index in [9.17, 15) is 14.7 Å². The number of aliphatic hydroxyl groups excluding tert-OH is 1. The zero-order valence-electron chi connectivity index (χ0n) is 30.8. The highest BCUT2D eigenvalue weighted by Gasteiger charge is 2.52. The van der Waals surface area contributed by atoms with Gasteiger partial charge in [0.05, 0.1) is 17.8 Å². The number of fused-ring (bicyclic) bond motifs is 2. The lowest BCUT2D eigenvalue weighted by molar-refractivity contribution is -0.295. The molecule has 10 heteroatoms. The molecule has 46 heavy (non-hydrogen) atoms. The fourth-order valence-corrected chi connectivity index (χ4v) is 9.47. The predicted octanol–water partition coefficient (Wildman–Crippen LogP) is 3.97. The third-order valence-electron chi connectivity index (χ3n) is 11.9. The van der Waals surface area contributed by atoms with Crippen LogP contribution in [-0.2, 0) is 28.5 Å². The molecule has 0 aromatic heterocycles. The molecule has 0 aromatic rings. The Bertz CT molecular complexity index is 1040. The van der Waals surface area contributed by atoms with Crippen LogP contribution in [0.1, 0.15) is 93.9 Å². The summed E-state index contributed by atoms with van der Waals surface area (Å²) in [5, 5.41) is 11.4. The van der Waals surface area contributed by atoms with Gasteiger partial charge in [-0.2, -0.15) is 0 Å². The van der Waals surface area contributed by atoms with E-state index in [1.807, 2.05) is 32.8 Å². The first kappa shape index (κ1) is 37.7. The summed E-state index contributed by atoms with van der Waals surface area (Å²) < 4.78 is 25.2. The first-order valence-electron chi connectivity index (χ1n) is 17.8. The van der Waals surface area contributed by atoms with Gasteiger partial charge in [0.15, 0.2) is 12.1 Å². The average Bonchev–Trinajstić information content (AvgIpc) is 3.25. The molecule has 0 amide bonds. The summed E-state index contributed by atoms with van der Waals surface area (Å²) in [6.07, 6.45) is 3.12. The van der Waals surface area contributed by atoms with Crippen molar-refractivity contribution in [2.24, 2.45) is 23.2 Å². The number of nitrogens with zero attached hydrogens (tertiary/aromatic N) is 3. The van der Waals surface area contributed by atoms with Crippen LogP contribution in [-0.4, -0.2) is 133 Å². The van der Waals surface area contributed by atoms with E-state index in [2.05, 4.69) is 37.6 Å². The lowest BCUT2D eigenvalue weighted by Gasteiger charge is -2.47. The van der Waals surface area contributed by atoms with E-state index in [1.54, 1.807) is 27.9 Å². The number of rotatable bonds is 6. The molecule has 4 saturated heterocycles. The fraction of sp³-hybridized carbons (Fsp3) is 0.944. The van der Waals surface area contributed by atoms with Crippen LogP contribution >= 0.6 is 0 Å². The number of hydrogen-bond acceptors (Lipinski definition) is 10. The number of carbonyl (C=O) groups excluding carboxylic acids is 2. The summed E-state index contributed by atoms with van der Waals surface area (Å²) in [7, 11) is 7.68. The van der Waals surface area contributed by atoms with Crippen LogP contribution in [0.25, 0.3) is 0 Å². The van der Waals surface area contributed by atoms with Gasteiger partial charge in [-0.05, 0) is 113 Å². The Morgan fingerprint density at radius 3 is 2.17 bits per heavy atom. The normalized spacial score (nSPS) is 43.7. The SMILES string of the molecule is CO[C@]1(C)C[C@@H](C)CN(C)[C@H](C2C[C@H]3CC[C@@H](C2)N3C(C)C)COC(=O)C(C)(C)C(=O)[C@H](C)[C@H]1O[C@@H]1O[C@H](C)C[C@H](N(C)C)[C@H]1O. The number of piperidine rings is 1. The molecule has 4 aliphatic heterocycles. The number of esters is 1. The molecule has 4 fully saturated rings. The number of hydrogen-bond donors (Lipinski definition) is 1. The van der Waals surface area contributed by atoms with Gasteiger partial charge in [-0.3, -0.25) is 19.4 Å². The first-order valence-corrected chi connectivity index (χ1v) is 17.8. The molecule has 12 atom stereocenters. The van der Waals surface area contributed by atoms with Crippen LogP contribution in [0.4, 0.5) is 0 Å². The minimum Gasteiger partial charge on any atom is -0.463 e. The highest BCUT2D eigenvalue weighted by Crippen LogP contribution is 2.43. The Morgan fingerprint density at radius 2 is 1.63 bits per heavy atom. The van der Waals surface area contributed by atoms with Crippen molar-refractivity contribution in [1.82, 2.24) is 14.7 Å². The summed E-state index contributed by atoms with van der Waals surface area (Å²) in [5.41, 5.74) is -2.30. The Hall–Kier alpha value is -1.14. The molecule has 0 radical (unpaired) electrons. The maximum absolute atomic E-state index is 14.3. The summed E-state index contributed by atoms with van der Waals surface area (Å²) in [6, 6.07) is 1.55. The molecular formula is C36H65N3O7. The number of likely N-dealkylation sites (N-methyl/N-ethyl adjacent to an activating group) is 2. The monoisotopic (exact) mass is 651 g/mol. The number of cyclic esters (lactones) is 1. The highest BCUT2D eigenvalue weighted by atomic mass is 16.7. The van der Waals surface area contributed by atoms with E-state index in [1.165, 1.54) is 12.8 Å². The number of ketones is 1. The molecule has 0 aliphatic carbocycles. The van der Waals surface area contributed by atoms with Crippen molar-refractivity contribution in [2.75, 3.05) is 41.4 Å². The number of Topliss-reactive ketones (excluding diaryl/α,β-unsaturated/α-hetero) is 1. The van der Waals surface area contributed by atoms with Crippen molar-refractivity contribution < 1.29 is 33.6 Å². The van der Waals surface area contributed by atoms with Gasteiger partial charge >= 0.3 is 5.97 Å². The maximum atomic E-state index is 14.3. The van der Waals surface area contributed by atoms with Gasteiger partial charge in [0.1, 0.15) is 18.1 Å². The zero-order chi connectivity index (χ0) is 34.3. The molecular weight excluding hydrogens is 586 g/mol. The molecule has 4 rings (SSSR count). The topological polar surface area (TPSA) is 101 Å². The first-order chi connectivity index (χ1) is 21.4. The predicted molar refractivity (Wildman–Crippen MR) is 178 cm³/mol. The zero-order valence-corrected chi connectivity index (χ0v) is 30.8. The van der Waals surface area contributed by atoms with Crippen molar-refractivity contribution in [3.05, 3.63) is 0 Å². The van der Waals surface area contributed by atoms with E-state index in [0.717, 1.165) is 19.4 Å². The van der Waals surface area contributed by atoms with Crippen molar-refractivity contribution >= 4 is 11.8 Å². The van der Waals surface area contributed by atoms with E-state index >= 15 is 0 Å². The van der Waals surface area contributed by atoms with Gasteiger partial charge in [0, 0.05) is 49.8 Å². The van der Waals surface area contributed by atoms with Crippen molar-refractivity contribution in [2.45, 2.75) is 154 Å². The second-order valence-corrected chi connectivity index (χ2v) is 16.5. The van der Waals surface area contributed by atoms with Gasteiger partial charge in [0.2, 0.25) is 0 Å². The summed E-state index contributed by atoms with van der Waals surface area (Å²) >= 11 is 0. The van der Waals surface area contributed by atoms with Gasteiger partial charge in [-0.25, -0.2) is 0 Å². The molecule has 0 saturated carbocycles. The van der Waals surface area contributed by atoms with Crippen LogP contribution in [0.3, 0.4) is 0 Å². The minimum atomic E-state index is -1.40. The van der Waals surface area contributed by atoms with Crippen LogP contribution in [0.2, 0.25) is 0 Å². The van der Waals surface area contributed by atoms with Crippen molar-refractivity contribution in [3.8, 4) is 0 Å². The van der Waals surface area contributed by atoms with E-state index < -0.39 is 41.4 Å². The smallest absolute Gasteiger partial charge is 0.319 e. The second kappa shape index (κ2) is 14.8. The molecule has 0 spiro atoms. The quantitative estimate of drug-likeness (QED) is 0.336. The molecule has 1 unspecified atom stereocenters. The number of ether oxygens (including phenoxy) is 4. The fourth-order valence-electron chi connectivity index (χ4n) is 9.47. The summed E-state index contributed by atoms with van der Waals surface area (Å²) in [6.45, 7) is 16.9. The van der Waals surface area contributed by atoms with E-state index in [4.69, 9.17) is 18.9 Å². The van der Waals surface area contributed by atoms with Crippen LogP contribution in [0.15, 0.2) is 0 Å². The number of carbonyl (C=O) groups is 2. The third kappa shape index (κ3) is 7.68. The van der Waals surface area contributed by atoms with Crippen LogP contribution in [0.5, 0.6) is 0 Å². The average molecular weight is 652 g/mol. The highest BCUT2D eigenvalue weighted by molar-refractivity contribution is 6.04. The lowest BCUT2D eigenvalue weighted by atomic mass is 9.74. The Kier molecular flexibility index (Phi) is 12.1. The number of aliphatic hydroxyl groups is 1. The minimum absolute atomic E-state index is 0.0592. The third-order valence-corrected chi connectivity index (χ3v) is 11.9. The van der Waals surface area contributed by atoms with Crippen LogP contribution < -0.4 is 0 Å². The maximum Gasteiger partial charge on any atom is 0.319 e. The van der Waals surface area contributed by atoms with E-state index in [-0.39, 0.29) is 36.5 Å². The Labute approximate surface area is 278 Å². The standard InChI is InChI=1S/C36H65N3O7/c1-21(2)39-26-13-14-27(39)17-25(16-26)29-20-44-34(42)35(6,7)31(41)24(5)32(36(8,43-12)18-22(3)19-38(29)11)46-33-30(40)28(37(9)10)15-23(4)45-33/h21-30,32-33,40H,13-20H2,1-12H3/t22-,23-,24+,25?,26-,27+,28+,29+,30-,32-,33+,36-/m1/s1. The summed E-state index contributed by atoms with van der Waals surface area (Å²) in [5.74, 6) is -0.940. The van der Waals surface area contributed by atoms with Crippen LogP contribution in [0, 0.1) is 23.2 Å². The largest absolute Gasteiger partial charge is 0.463 e. The Balaban J connectivity index is 1.65. The molecule has 2 bridgehead atoms. The second-order valence-electron chi connectivity index (χ2n) is 16.5. The number of methoxy groups -OCH3 is 1. The lowest BCUT2D eigenvalue weighted by Crippen LogP contribution is -2.59. The molecule has 0 aromatic carbocycles. The van der Waals surface area contributed by atoms with Gasteiger partial charge in [-0.1, -0.05) is 13.8 Å². The molecule has 4 heterocycles. The van der Waals surface area contributed by atoms with Gasteiger partial charge in [0.25, 0.3) is 0 Å². The molecule has 266 valence electrons. The van der Waals surface area contributed by atoms with E-state index in [0.29, 0.717) is 36.9 Å². The molecule has 10 nitrogen and oxygen atoms in total. The molecule has 4 aliphatic rings. The van der Waals surface area contributed by atoms with Gasteiger partial charge in [-0.15, -0.1) is 0 Å². The van der Waals surface area contributed by atoms with Crippen molar-refractivity contribution in [3.63, 3.8) is 0 Å². The Morgan fingerprint density at radius 1 is 1.02 bits per heavy atom. The van der Waals surface area contributed by atoms with Crippen molar-refractivity contribution in [1.29, 1.82) is 0 Å². The van der Waals surface area contributed by atoms with Gasteiger partial charge < -0.3 is 29.0 Å². The molecule has 1 N–H and O–H groups in total. The summed E-state index contributed by atoms with van der Waals surface area (Å²) in [4.78, 5) is 35.2.